The van der Waals surface area contributed by atoms with E-state index in [0.717, 1.165) is 56.4 Å². The van der Waals surface area contributed by atoms with Crippen LogP contribution in [0.3, 0.4) is 0 Å². The first-order valence-corrected chi connectivity index (χ1v) is 11.7. The van der Waals surface area contributed by atoms with Gasteiger partial charge in [-0.15, -0.1) is 0 Å². The molecule has 1 N–H and O–H groups in total. The number of aromatic nitrogens is 2. The van der Waals surface area contributed by atoms with Crippen molar-refractivity contribution in [3.05, 3.63) is 81.9 Å². The van der Waals surface area contributed by atoms with Crippen LogP contribution in [0, 0.1) is 0 Å². The molecule has 2 aromatic heterocycles. The number of H-pyrrole nitrogens is 1. The van der Waals surface area contributed by atoms with Crippen molar-refractivity contribution < 1.29 is 9.47 Å². The maximum atomic E-state index is 13.1. The number of aromatic amines is 1. The van der Waals surface area contributed by atoms with Crippen molar-refractivity contribution in [2.75, 3.05) is 13.2 Å². The second kappa shape index (κ2) is 11.1. The average molecular weight is 433 g/mol. The quantitative estimate of drug-likeness (QED) is 0.510. The molecule has 1 aromatic carbocycles. The molecule has 0 spiro atoms. The van der Waals surface area contributed by atoms with E-state index in [4.69, 9.17) is 9.47 Å². The smallest absolute Gasteiger partial charge is 0.194 e. The second-order valence-electron chi connectivity index (χ2n) is 8.46. The Balaban J connectivity index is 1.55. The molecule has 1 unspecified atom stereocenters. The van der Waals surface area contributed by atoms with E-state index < -0.39 is 0 Å². The van der Waals surface area contributed by atoms with Crippen LogP contribution in [0.15, 0.2) is 59.7 Å². The summed E-state index contributed by atoms with van der Waals surface area (Å²) in [6, 6.07) is 14.1. The van der Waals surface area contributed by atoms with E-state index in [-0.39, 0.29) is 11.5 Å². The zero-order chi connectivity index (χ0) is 22.2. The van der Waals surface area contributed by atoms with Crippen LogP contribution in [0.1, 0.15) is 49.4 Å². The molecular formula is C27H32N2O3. The maximum Gasteiger partial charge on any atom is 0.194 e. The van der Waals surface area contributed by atoms with Crippen molar-refractivity contribution in [2.24, 2.45) is 0 Å². The highest BCUT2D eigenvalue weighted by molar-refractivity contribution is 5.65. The molecule has 1 aliphatic rings. The van der Waals surface area contributed by atoms with E-state index in [1.807, 2.05) is 12.1 Å². The lowest BCUT2D eigenvalue weighted by atomic mass is 9.99. The Morgan fingerprint density at radius 2 is 1.91 bits per heavy atom. The van der Waals surface area contributed by atoms with Gasteiger partial charge in [0.05, 0.1) is 11.7 Å². The Kier molecular flexibility index (Phi) is 7.73. The van der Waals surface area contributed by atoms with Crippen molar-refractivity contribution >= 4 is 0 Å². The minimum atomic E-state index is -0.0513. The third-order valence-electron chi connectivity index (χ3n) is 5.96. The van der Waals surface area contributed by atoms with Crippen LogP contribution >= 0.6 is 0 Å². The summed E-state index contributed by atoms with van der Waals surface area (Å²) in [5, 5.41) is 0. The van der Waals surface area contributed by atoms with Gasteiger partial charge in [-0.2, -0.15) is 0 Å². The Morgan fingerprint density at radius 3 is 2.59 bits per heavy atom. The predicted octanol–water partition coefficient (Wildman–Crippen LogP) is 5.12. The predicted molar refractivity (Wildman–Crippen MR) is 127 cm³/mol. The van der Waals surface area contributed by atoms with Gasteiger partial charge < -0.3 is 14.5 Å². The molecule has 0 amide bonds. The van der Waals surface area contributed by atoms with Crippen molar-refractivity contribution in [2.45, 2.75) is 58.0 Å². The number of rotatable bonds is 9. The molecule has 5 heteroatoms. The van der Waals surface area contributed by atoms with Gasteiger partial charge in [-0.1, -0.05) is 43.7 Å². The lowest BCUT2D eigenvalue weighted by Gasteiger charge is -2.22. The van der Waals surface area contributed by atoms with Crippen LogP contribution in [0.5, 0.6) is 5.88 Å². The number of benzene rings is 1. The minimum Gasteiger partial charge on any atom is -0.476 e. The number of aryl methyl sites for hydroxylation is 3. The summed E-state index contributed by atoms with van der Waals surface area (Å²) >= 11 is 0. The van der Waals surface area contributed by atoms with Gasteiger partial charge in [-0.05, 0) is 55.7 Å². The largest absolute Gasteiger partial charge is 0.476 e. The molecule has 3 aromatic rings. The summed E-state index contributed by atoms with van der Waals surface area (Å²) in [4.78, 5) is 20.7. The zero-order valence-corrected chi connectivity index (χ0v) is 18.8. The topological polar surface area (TPSA) is 64.2 Å². The molecule has 5 nitrogen and oxygen atoms in total. The summed E-state index contributed by atoms with van der Waals surface area (Å²) in [5.41, 5.74) is 4.93. The molecule has 32 heavy (non-hydrogen) atoms. The van der Waals surface area contributed by atoms with Crippen LogP contribution in [0.2, 0.25) is 0 Å². The van der Waals surface area contributed by atoms with Crippen LogP contribution in [0.4, 0.5) is 0 Å². The van der Waals surface area contributed by atoms with Gasteiger partial charge in [0, 0.05) is 36.3 Å². The van der Waals surface area contributed by atoms with Gasteiger partial charge in [0.25, 0.3) is 0 Å². The fourth-order valence-electron chi connectivity index (χ4n) is 4.23. The summed E-state index contributed by atoms with van der Waals surface area (Å²) in [7, 11) is 0. The lowest BCUT2D eigenvalue weighted by molar-refractivity contribution is -0.0119. The summed E-state index contributed by atoms with van der Waals surface area (Å²) < 4.78 is 11.7. The van der Waals surface area contributed by atoms with Crippen molar-refractivity contribution in [1.29, 1.82) is 0 Å². The molecule has 0 radical (unpaired) electrons. The van der Waals surface area contributed by atoms with E-state index in [0.29, 0.717) is 24.5 Å². The van der Waals surface area contributed by atoms with Gasteiger partial charge in [0.2, 0.25) is 0 Å². The molecule has 1 aliphatic heterocycles. The third kappa shape index (κ3) is 5.86. The van der Waals surface area contributed by atoms with Gasteiger partial charge >= 0.3 is 0 Å². The molecule has 0 saturated carbocycles. The number of nitrogens with one attached hydrogen (secondary N) is 1. The summed E-state index contributed by atoms with van der Waals surface area (Å²) in [5.74, 6) is 0.505. The highest BCUT2D eigenvalue weighted by Crippen LogP contribution is 2.23. The third-order valence-corrected chi connectivity index (χ3v) is 5.96. The van der Waals surface area contributed by atoms with E-state index >= 15 is 0 Å². The molecule has 4 rings (SSSR count). The number of hydrogen-bond donors (Lipinski definition) is 1. The van der Waals surface area contributed by atoms with E-state index in [1.165, 1.54) is 11.1 Å². The first-order chi connectivity index (χ1) is 15.7. The number of nitrogens with zero attached hydrogens (tertiary/aromatic N) is 1. The van der Waals surface area contributed by atoms with Crippen LogP contribution in [-0.2, 0) is 24.0 Å². The summed E-state index contributed by atoms with van der Waals surface area (Å²) in [6.45, 7) is 3.44. The Labute approximate surface area is 189 Å². The molecular weight excluding hydrogens is 400 g/mol. The van der Waals surface area contributed by atoms with Crippen molar-refractivity contribution in [1.82, 2.24) is 9.97 Å². The van der Waals surface area contributed by atoms with Crippen molar-refractivity contribution in [3.63, 3.8) is 0 Å². The molecule has 1 saturated heterocycles. The SMILES string of the molecule is CCCc1ccc(CCc2[nH]c(OCC3CCCCO3)cc(=O)c2-c2cccnc2)cc1. The fourth-order valence-corrected chi connectivity index (χ4v) is 4.23. The van der Waals surface area contributed by atoms with Crippen LogP contribution in [0.25, 0.3) is 11.1 Å². The van der Waals surface area contributed by atoms with Gasteiger partial charge in [0.15, 0.2) is 11.3 Å². The molecule has 3 heterocycles. The maximum absolute atomic E-state index is 13.1. The van der Waals surface area contributed by atoms with Gasteiger partial charge in [-0.25, -0.2) is 0 Å². The van der Waals surface area contributed by atoms with E-state index in [2.05, 4.69) is 41.2 Å². The molecule has 1 fully saturated rings. The highest BCUT2D eigenvalue weighted by atomic mass is 16.5. The molecule has 1 atom stereocenters. The van der Waals surface area contributed by atoms with E-state index in [1.54, 1.807) is 18.5 Å². The number of hydrogen-bond acceptors (Lipinski definition) is 4. The van der Waals surface area contributed by atoms with Crippen LogP contribution < -0.4 is 10.2 Å². The summed E-state index contributed by atoms with van der Waals surface area (Å²) in [6.07, 6.45) is 10.6. The normalized spacial score (nSPS) is 16.1. The molecule has 0 bridgehead atoms. The Morgan fingerprint density at radius 1 is 1.09 bits per heavy atom. The van der Waals surface area contributed by atoms with Crippen molar-refractivity contribution in [3.8, 4) is 17.0 Å². The van der Waals surface area contributed by atoms with Gasteiger partial charge in [-0.3, -0.25) is 9.78 Å². The monoisotopic (exact) mass is 432 g/mol. The first-order valence-electron chi connectivity index (χ1n) is 11.7. The zero-order valence-electron chi connectivity index (χ0n) is 18.8. The second-order valence-corrected chi connectivity index (χ2v) is 8.46. The standard InChI is InChI=1S/C27H32N2O3/c1-2-6-20-9-11-21(12-10-20)13-14-24-27(22-7-5-15-28-18-22)25(30)17-26(29-24)32-19-23-8-3-4-16-31-23/h5,7,9-12,15,17-18,23H,2-4,6,8,13-14,16,19H2,1H3,(H,29,30). The lowest BCUT2D eigenvalue weighted by Crippen LogP contribution is -2.26. The Bertz CT molecular complexity index is 1040. The average Bonchev–Trinajstić information content (AvgIpc) is 2.83. The van der Waals surface area contributed by atoms with Crippen LogP contribution in [-0.4, -0.2) is 29.3 Å². The Hall–Kier alpha value is -2.92. The first kappa shape index (κ1) is 22.3. The molecule has 168 valence electrons. The minimum absolute atomic E-state index is 0.0513. The highest BCUT2D eigenvalue weighted by Gasteiger charge is 2.17. The number of ether oxygens (including phenoxy) is 2. The fraction of sp³-hybridized carbons (Fsp3) is 0.407. The van der Waals surface area contributed by atoms with E-state index in [9.17, 15) is 4.79 Å². The number of pyridine rings is 2. The van der Waals surface area contributed by atoms with Gasteiger partial charge in [0.1, 0.15) is 6.61 Å². The molecule has 0 aliphatic carbocycles.